The van der Waals surface area contributed by atoms with Gasteiger partial charge < -0.3 is 4.74 Å². The molecule has 0 saturated carbocycles. The van der Waals surface area contributed by atoms with Gasteiger partial charge in [-0.15, -0.1) is 0 Å². The number of carbonyl (C=O) groups is 1. The fraction of sp³-hybridized carbons (Fsp3) is 0.727. The van der Waals surface area contributed by atoms with Crippen LogP contribution in [0.3, 0.4) is 0 Å². The average molecular weight is 182 g/mol. The number of carbonyl (C=O) groups excluding carboxylic acids is 1. The molecule has 74 valence electrons. The molecule has 1 aliphatic rings. The SMILES string of the molecule is CC(C)COC1=CC(=O)C(C)C1C. The van der Waals surface area contributed by atoms with Crippen molar-refractivity contribution in [1.82, 2.24) is 0 Å². The third-order valence-corrected chi connectivity index (χ3v) is 2.52. The smallest absolute Gasteiger partial charge is 0.162 e. The molecule has 2 unspecified atom stereocenters. The van der Waals surface area contributed by atoms with E-state index in [1.165, 1.54) is 0 Å². The van der Waals surface area contributed by atoms with Crippen molar-refractivity contribution in [1.29, 1.82) is 0 Å². The highest BCUT2D eigenvalue weighted by Gasteiger charge is 2.30. The van der Waals surface area contributed by atoms with Gasteiger partial charge in [-0.3, -0.25) is 4.79 Å². The summed E-state index contributed by atoms with van der Waals surface area (Å²) in [5.41, 5.74) is 0. The van der Waals surface area contributed by atoms with Gasteiger partial charge in [0.1, 0.15) is 5.76 Å². The number of hydrogen-bond donors (Lipinski definition) is 0. The molecule has 0 N–H and O–H groups in total. The Bertz CT molecular complexity index is 228. The van der Waals surface area contributed by atoms with Crippen LogP contribution < -0.4 is 0 Å². The molecule has 0 saturated heterocycles. The van der Waals surface area contributed by atoms with E-state index < -0.39 is 0 Å². The van der Waals surface area contributed by atoms with Crippen LogP contribution in [-0.2, 0) is 9.53 Å². The summed E-state index contributed by atoms with van der Waals surface area (Å²) in [5, 5.41) is 0. The van der Waals surface area contributed by atoms with Gasteiger partial charge in [0.05, 0.1) is 6.61 Å². The van der Waals surface area contributed by atoms with Gasteiger partial charge >= 0.3 is 0 Å². The first-order chi connectivity index (χ1) is 6.02. The minimum absolute atomic E-state index is 0.0992. The summed E-state index contributed by atoms with van der Waals surface area (Å²) < 4.78 is 5.56. The summed E-state index contributed by atoms with van der Waals surface area (Å²) in [7, 11) is 0. The number of allylic oxidation sites excluding steroid dienone is 2. The van der Waals surface area contributed by atoms with Crippen LogP contribution in [0.1, 0.15) is 27.7 Å². The van der Waals surface area contributed by atoms with E-state index in [1.807, 2.05) is 13.8 Å². The summed E-state index contributed by atoms with van der Waals surface area (Å²) >= 11 is 0. The molecule has 13 heavy (non-hydrogen) atoms. The van der Waals surface area contributed by atoms with E-state index in [9.17, 15) is 4.79 Å². The van der Waals surface area contributed by atoms with E-state index in [0.717, 1.165) is 5.76 Å². The maximum atomic E-state index is 11.3. The molecule has 2 nitrogen and oxygen atoms in total. The normalized spacial score (nSPS) is 28.1. The van der Waals surface area contributed by atoms with E-state index in [4.69, 9.17) is 4.74 Å². The lowest BCUT2D eigenvalue weighted by Gasteiger charge is -2.15. The lowest BCUT2D eigenvalue weighted by molar-refractivity contribution is -0.117. The van der Waals surface area contributed by atoms with Crippen LogP contribution in [0, 0.1) is 17.8 Å². The fourth-order valence-corrected chi connectivity index (χ4v) is 1.33. The Balaban J connectivity index is 2.51. The minimum Gasteiger partial charge on any atom is -0.497 e. The number of rotatable bonds is 3. The predicted octanol–water partition coefficient (Wildman–Crippen LogP) is 2.40. The largest absolute Gasteiger partial charge is 0.497 e. The lowest BCUT2D eigenvalue weighted by atomic mass is 9.98. The molecule has 0 aromatic carbocycles. The van der Waals surface area contributed by atoms with Gasteiger partial charge in [0.2, 0.25) is 0 Å². The van der Waals surface area contributed by atoms with Crippen molar-refractivity contribution in [3.63, 3.8) is 0 Å². The van der Waals surface area contributed by atoms with E-state index in [0.29, 0.717) is 12.5 Å². The van der Waals surface area contributed by atoms with Crippen LogP contribution >= 0.6 is 0 Å². The molecule has 0 aromatic heterocycles. The Morgan fingerprint density at radius 1 is 1.38 bits per heavy atom. The molecular weight excluding hydrogens is 164 g/mol. The second-order valence-electron chi connectivity index (χ2n) is 4.23. The summed E-state index contributed by atoms with van der Waals surface area (Å²) in [5.74, 6) is 1.94. The van der Waals surface area contributed by atoms with Gasteiger partial charge in [-0.05, 0) is 5.92 Å². The van der Waals surface area contributed by atoms with Gasteiger partial charge in [0, 0.05) is 17.9 Å². The molecule has 0 aliphatic heterocycles. The molecule has 1 aliphatic carbocycles. The Kier molecular flexibility index (Phi) is 3.12. The average Bonchev–Trinajstić information content (AvgIpc) is 2.29. The van der Waals surface area contributed by atoms with Crippen molar-refractivity contribution in [2.24, 2.45) is 17.8 Å². The molecule has 0 amide bonds. The van der Waals surface area contributed by atoms with Crippen LogP contribution in [0.15, 0.2) is 11.8 Å². The molecule has 0 radical (unpaired) electrons. The fourth-order valence-electron chi connectivity index (χ4n) is 1.33. The van der Waals surface area contributed by atoms with Gasteiger partial charge in [0.15, 0.2) is 5.78 Å². The van der Waals surface area contributed by atoms with Gasteiger partial charge in [-0.2, -0.15) is 0 Å². The van der Waals surface area contributed by atoms with Gasteiger partial charge in [-0.1, -0.05) is 27.7 Å². The molecule has 0 bridgehead atoms. The molecule has 0 heterocycles. The van der Waals surface area contributed by atoms with E-state index in [-0.39, 0.29) is 17.6 Å². The van der Waals surface area contributed by atoms with E-state index in [2.05, 4.69) is 13.8 Å². The van der Waals surface area contributed by atoms with Crippen LogP contribution in [0.5, 0.6) is 0 Å². The number of ether oxygens (including phenoxy) is 1. The van der Waals surface area contributed by atoms with Crippen molar-refractivity contribution >= 4 is 5.78 Å². The first kappa shape index (κ1) is 10.3. The third-order valence-electron chi connectivity index (χ3n) is 2.52. The van der Waals surface area contributed by atoms with Crippen molar-refractivity contribution in [3.8, 4) is 0 Å². The monoisotopic (exact) mass is 182 g/mol. The topological polar surface area (TPSA) is 26.3 Å². The molecule has 1 rings (SSSR count). The Hall–Kier alpha value is -0.790. The summed E-state index contributed by atoms with van der Waals surface area (Å²) in [6, 6.07) is 0. The third kappa shape index (κ3) is 2.33. The first-order valence-electron chi connectivity index (χ1n) is 4.90. The zero-order valence-electron chi connectivity index (χ0n) is 8.83. The maximum Gasteiger partial charge on any atom is 0.162 e. The van der Waals surface area contributed by atoms with Crippen LogP contribution in [-0.4, -0.2) is 12.4 Å². The summed E-state index contributed by atoms with van der Waals surface area (Å²) in [4.78, 5) is 11.3. The van der Waals surface area contributed by atoms with Gasteiger partial charge in [0.25, 0.3) is 0 Å². The summed E-state index contributed by atoms with van der Waals surface area (Å²) in [6.45, 7) is 8.91. The first-order valence-corrected chi connectivity index (χ1v) is 4.90. The zero-order valence-corrected chi connectivity index (χ0v) is 8.83. The second kappa shape index (κ2) is 3.95. The van der Waals surface area contributed by atoms with E-state index in [1.54, 1.807) is 6.08 Å². The van der Waals surface area contributed by atoms with Crippen molar-refractivity contribution in [2.45, 2.75) is 27.7 Å². The van der Waals surface area contributed by atoms with E-state index >= 15 is 0 Å². The predicted molar refractivity (Wildman–Crippen MR) is 52.2 cm³/mol. The van der Waals surface area contributed by atoms with Crippen LogP contribution in [0.25, 0.3) is 0 Å². The molecule has 0 spiro atoms. The minimum atomic E-state index is 0.0992. The molecule has 2 atom stereocenters. The Morgan fingerprint density at radius 3 is 2.38 bits per heavy atom. The Morgan fingerprint density at radius 2 is 2.00 bits per heavy atom. The highest BCUT2D eigenvalue weighted by molar-refractivity contribution is 5.94. The van der Waals surface area contributed by atoms with Crippen LogP contribution in [0.2, 0.25) is 0 Å². The molecule has 2 heteroatoms. The molecular formula is C11H18O2. The lowest BCUT2D eigenvalue weighted by Crippen LogP contribution is -2.12. The van der Waals surface area contributed by atoms with Crippen LogP contribution in [0.4, 0.5) is 0 Å². The summed E-state index contributed by atoms with van der Waals surface area (Å²) in [6.07, 6.45) is 1.65. The molecule has 0 fully saturated rings. The van der Waals surface area contributed by atoms with Gasteiger partial charge in [-0.25, -0.2) is 0 Å². The number of hydrogen-bond acceptors (Lipinski definition) is 2. The Labute approximate surface area is 80.0 Å². The highest BCUT2D eigenvalue weighted by atomic mass is 16.5. The number of ketones is 1. The zero-order chi connectivity index (χ0) is 10.0. The quantitative estimate of drug-likeness (QED) is 0.670. The standard InChI is InChI=1S/C11H18O2/c1-7(2)6-13-11-5-10(12)8(3)9(11)4/h5,7-9H,6H2,1-4H3. The second-order valence-corrected chi connectivity index (χ2v) is 4.23. The van der Waals surface area contributed by atoms with Crippen molar-refractivity contribution in [2.75, 3.05) is 6.61 Å². The molecule has 0 aromatic rings. The van der Waals surface area contributed by atoms with Crippen molar-refractivity contribution in [3.05, 3.63) is 11.8 Å². The van der Waals surface area contributed by atoms with Crippen molar-refractivity contribution < 1.29 is 9.53 Å². The maximum absolute atomic E-state index is 11.3. The highest BCUT2D eigenvalue weighted by Crippen LogP contribution is 2.29.